The van der Waals surface area contributed by atoms with Gasteiger partial charge in [-0.3, -0.25) is 14.4 Å². The lowest BCUT2D eigenvalue weighted by atomic mass is 10.0. The van der Waals surface area contributed by atoms with Crippen LogP contribution >= 0.6 is 0 Å². The Balaban J connectivity index is 2.08. The molecule has 0 aliphatic carbocycles. The molecule has 1 aromatic carbocycles. The number of hydrogen-bond acceptors (Lipinski definition) is 3. The standard InChI is InChI=1S/C19H25N3O4/c1-12(2)18(25)22-16(19(26)20-9-5-8-17(23)24)10-13-11-21-15-7-4-3-6-14(13)15/h3-4,6-7,11-12,16,21H,5,8-10H2,1-2H3,(H,20,26)(H,22,25)(H,23,24). The van der Waals surface area contributed by atoms with Crippen molar-refractivity contribution < 1.29 is 19.5 Å². The molecule has 2 rings (SSSR count). The van der Waals surface area contributed by atoms with E-state index in [0.717, 1.165) is 16.5 Å². The first kappa shape index (κ1) is 19.5. The normalized spacial score (nSPS) is 12.1. The molecular weight excluding hydrogens is 334 g/mol. The van der Waals surface area contributed by atoms with Crippen molar-refractivity contribution in [2.24, 2.45) is 5.92 Å². The molecule has 140 valence electrons. The third kappa shape index (κ3) is 5.34. The molecule has 0 bridgehead atoms. The van der Waals surface area contributed by atoms with Crippen LogP contribution < -0.4 is 10.6 Å². The Bertz CT molecular complexity index is 782. The van der Waals surface area contributed by atoms with Gasteiger partial charge >= 0.3 is 5.97 Å². The largest absolute Gasteiger partial charge is 0.481 e. The number of amides is 2. The summed E-state index contributed by atoms with van der Waals surface area (Å²) in [5.74, 6) is -1.65. The van der Waals surface area contributed by atoms with Gasteiger partial charge in [-0.25, -0.2) is 0 Å². The van der Waals surface area contributed by atoms with E-state index in [0.29, 0.717) is 12.8 Å². The zero-order valence-corrected chi connectivity index (χ0v) is 15.0. The predicted octanol–water partition coefficient (Wildman–Crippen LogP) is 1.83. The number of carbonyl (C=O) groups excluding carboxylic acids is 2. The van der Waals surface area contributed by atoms with E-state index in [2.05, 4.69) is 15.6 Å². The van der Waals surface area contributed by atoms with Gasteiger partial charge in [0.1, 0.15) is 6.04 Å². The second-order valence-corrected chi connectivity index (χ2v) is 6.57. The molecule has 0 fully saturated rings. The van der Waals surface area contributed by atoms with Crippen LogP contribution in [-0.2, 0) is 20.8 Å². The summed E-state index contributed by atoms with van der Waals surface area (Å²) < 4.78 is 0. The molecule has 0 radical (unpaired) electrons. The van der Waals surface area contributed by atoms with Gasteiger partial charge in [-0.15, -0.1) is 0 Å². The third-order valence-corrected chi connectivity index (χ3v) is 4.12. The zero-order chi connectivity index (χ0) is 19.1. The van der Waals surface area contributed by atoms with Crippen molar-refractivity contribution in [3.8, 4) is 0 Å². The monoisotopic (exact) mass is 359 g/mol. The highest BCUT2D eigenvalue weighted by atomic mass is 16.4. The number of aliphatic carboxylic acids is 1. The fourth-order valence-electron chi connectivity index (χ4n) is 2.64. The number of carboxylic acid groups (broad SMARTS) is 1. The van der Waals surface area contributed by atoms with Crippen LogP contribution in [0.1, 0.15) is 32.3 Å². The topological polar surface area (TPSA) is 111 Å². The Hall–Kier alpha value is -2.83. The molecule has 0 saturated heterocycles. The molecule has 4 N–H and O–H groups in total. The van der Waals surface area contributed by atoms with Gasteiger partial charge in [-0.1, -0.05) is 32.0 Å². The first-order chi connectivity index (χ1) is 12.4. The van der Waals surface area contributed by atoms with Crippen LogP contribution in [0, 0.1) is 5.92 Å². The van der Waals surface area contributed by atoms with E-state index < -0.39 is 12.0 Å². The summed E-state index contributed by atoms with van der Waals surface area (Å²) in [5.41, 5.74) is 1.91. The number of para-hydroxylation sites is 1. The van der Waals surface area contributed by atoms with E-state index in [1.165, 1.54) is 0 Å². The van der Waals surface area contributed by atoms with Gasteiger partial charge in [-0.2, -0.15) is 0 Å². The van der Waals surface area contributed by atoms with Crippen LogP contribution in [0.4, 0.5) is 0 Å². The first-order valence-electron chi connectivity index (χ1n) is 8.73. The first-order valence-corrected chi connectivity index (χ1v) is 8.73. The molecule has 7 nitrogen and oxygen atoms in total. The molecule has 1 unspecified atom stereocenters. The number of carbonyl (C=O) groups is 3. The molecule has 0 saturated carbocycles. The summed E-state index contributed by atoms with van der Waals surface area (Å²) in [7, 11) is 0. The predicted molar refractivity (Wildman–Crippen MR) is 98.7 cm³/mol. The Morgan fingerprint density at radius 2 is 1.88 bits per heavy atom. The van der Waals surface area contributed by atoms with Crippen molar-refractivity contribution in [2.45, 2.75) is 39.2 Å². The second kappa shape index (κ2) is 9.03. The Morgan fingerprint density at radius 3 is 2.58 bits per heavy atom. The maximum Gasteiger partial charge on any atom is 0.303 e. The molecule has 0 spiro atoms. The molecule has 0 aliphatic rings. The van der Waals surface area contributed by atoms with Crippen LogP contribution in [0.25, 0.3) is 10.9 Å². The molecule has 0 aliphatic heterocycles. The van der Waals surface area contributed by atoms with Crippen molar-refractivity contribution in [1.82, 2.24) is 15.6 Å². The molecule has 26 heavy (non-hydrogen) atoms. The minimum atomic E-state index is -0.900. The van der Waals surface area contributed by atoms with Gasteiger partial charge in [-0.05, 0) is 18.1 Å². The summed E-state index contributed by atoms with van der Waals surface area (Å²) in [6.45, 7) is 3.79. The Labute approximate surface area is 152 Å². The van der Waals surface area contributed by atoms with Crippen LogP contribution in [0.15, 0.2) is 30.5 Å². The molecule has 2 aromatic rings. The quantitative estimate of drug-likeness (QED) is 0.512. The summed E-state index contributed by atoms with van der Waals surface area (Å²) in [5, 5.41) is 15.2. The van der Waals surface area contributed by atoms with E-state index in [4.69, 9.17) is 5.11 Å². The number of nitrogens with one attached hydrogen (secondary N) is 3. The van der Waals surface area contributed by atoms with Crippen LogP contribution in [0.5, 0.6) is 0 Å². The Kier molecular flexibility index (Phi) is 6.77. The highest BCUT2D eigenvalue weighted by Gasteiger charge is 2.23. The molecule has 1 atom stereocenters. The smallest absolute Gasteiger partial charge is 0.303 e. The lowest BCUT2D eigenvalue weighted by Crippen LogP contribution is -2.49. The summed E-state index contributed by atoms with van der Waals surface area (Å²) in [6.07, 6.45) is 2.54. The average Bonchev–Trinajstić information content (AvgIpc) is 3.00. The fraction of sp³-hybridized carbons (Fsp3) is 0.421. The maximum absolute atomic E-state index is 12.5. The second-order valence-electron chi connectivity index (χ2n) is 6.57. The van der Waals surface area contributed by atoms with Crippen molar-refractivity contribution in [3.63, 3.8) is 0 Å². The van der Waals surface area contributed by atoms with E-state index in [-0.39, 0.29) is 30.7 Å². The van der Waals surface area contributed by atoms with E-state index in [1.807, 2.05) is 30.5 Å². The van der Waals surface area contributed by atoms with Gasteiger partial charge in [0.2, 0.25) is 11.8 Å². The average molecular weight is 359 g/mol. The van der Waals surface area contributed by atoms with Crippen molar-refractivity contribution >= 4 is 28.7 Å². The van der Waals surface area contributed by atoms with Crippen LogP contribution in [0.2, 0.25) is 0 Å². The molecule has 7 heteroatoms. The van der Waals surface area contributed by atoms with Crippen molar-refractivity contribution in [1.29, 1.82) is 0 Å². The molecule has 2 amide bonds. The van der Waals surface area contributed by atoms with Crippen molar-refractivity contribution in [2.75, 3.05) is 6.54 Å². The number of hydrogen-bond donors (Lipinski definition) is 4. The van der Waals surface area contributed by atoms with Crippen LogP contribution in [-0.4, -0.2) is 40.5 Å². The van der Waals surface area contributed by atoms with Gasteiger partial charge in [0.05, 0.1) is 0 Å². The number of aromatic nitrogens is 1. The lowest BCUT2D eigenvalue weighted by molar-refractivity contribution is -0.137. The number of aromatic amines is 1. The zero-order valence-electron chi connectivity index (χ0n) is 15.0. The minimum Gasteiger partial charge on any atom is -0.481 e. The number of fused-ring (bicyclic) bond motifs is 1. The minimum absolute atomic E-state index is 0.00819. The summed E-state index contributed by atoms with van der Waals surface area (Å²) >= 11 is 0. The number of carboxylic acids is 1. The highest BCUT2D eigenvalue weighted by molar-refractivity contribution is 5.90. The highest BCUT2D eigenvalue weighted by Crippen LogP contribution is 2.19. The van der Waals surface area contributed by atoms with Gasteiger partial charge in [0.25, 0.3) is 0 Å². The van der Waals surface area contributed by atoms with E-state index in [1.54, 1.807) is 13.8 Å². The third-order valence-electron chi connectivity index (χ3n) is 4.12. The van der Waals surface area contributed by atoms with E-state index in [9.17, 15) is 14.4 Å². The summed E-state index contributed by atoms with van der Waals surface area (Å²) in [6, 6.07) is 7.05. The van der Waals surface area contributed by atoms with E-state index >= 15 is 0 Å². The molecule has 1 aromatic heterocycles. The van der Waals surface area contributed by atoms with Crippen LogP contribution in [0.3, 0.4) is 0 Å². The number of H-pyrrole nitrogens is 1. The fourth-order valence-corrected chi connectivity index (χ4v) is 2.64. The molecule has 1 heterocycles. The maximum atomic E-state index is 12.5. The van der Waals surface area contributed by atoms with Crippen molar-refractivity contribution in [3.05, 3.63) is 36.0 Å². The number of rotatable bonds is 9. The lowest BCUT2D eigenvalue weighted by Gasteiger charge is -2.19. The number of benzene rings is 1. The molecular formula is C19H25N3O4. The van der Waals surface area contributed by atoms with Gasteiger partial charge in [0, 0.05) is 42.4 Å². The summed E-state index contributed by atoms with van der Waals surface area (Å²) in [4.78, 5) is 38.3. The van der Waals surface area contributed by atoms with Gasteiger partial charge in [0.15, 0.2) is 0 Å². The SMILES string of the molecule is CC(C)C(=O)NC(Cc1c[nH]c2ccccc12)C(=O)NCCCC(=O)O. The Morgan fingerprint density at radius 1 is 1.15 bits per heavy atom. The van der Waals surface area contributed by atoms with Gasteiger partial charge < -0.3 is 20.7 Å².